The molecule has 0 atom stereocenters. The van der Waals surface area contributed by atoms with E-state index in [2.05, 4.69) is 49.6 Å². The molecule has 0 amide bonds. The van der Waals surface area contributed by atoms with Gasteiger partial charge in [-0.1, -0.05) is 29.4 Å². The molecule has 1 saturated carbocycles. The fraction of sp³-hybridized carbons (Fsp3) is 0.273. The standard InChI is InChI=1S/C22H21N5O/c1-28-27-20(15-6-7-15)21-18-8-9-22(12-19(18)25-26-21,16-4-2-10-23-13-16)17-5-3-11-24-14-17/h2-5,8-11,13-15H,6-7,12H2,1H3,(H,25,26). The second-order valence-electron chi connectivity index (χ2n) is 7.36. The molecule has 3 aromatic heterocycles. The molecular weight excluding hydrogens is 350 g/mol. The van der Waals surface area contributed by atoms with Crippen LogP contribution in [0, 0.1) is 5.92 Å². The van der Waals surface area contributed by atoms with Gasteiger partial charge < -0.3 is 4.84 Å². The molecule has 0 aliphatic heterocycles. The number of aromatic nitrogens is 4. The van der Waals surface area contributed by atoms with Gasteiger partial charge in [0.05, 0.1) is 0 Å². The second-order valence-corrected chi connectivity index (χ2v) is 7.36. The van der Waals surface area contributed by atoms with Crippen molar-refractivity contribution in [1.29, 1.82) is 0 Å². The maximum absolute atomic E-state index is 5.09. The zero-order valence-electron chi connectivity index (χ0n) is 15.7. The number of fused-ring (bicyclic) bond motifs is 1. The maximum Gasteiger partial charge on any atom is 0.117 e. The molecule has 3 aromatic rings. The molecule has 0 radical (unpaired) electrons. The Hall–Kier alpha value is -3.28. The Labute approximate surface area is 163 Å². The highest BCUT2D eigenvalue weighted by Gasteiger charge is 2.39. The summed E-state index contributed by atoms with van der Waals surface area (Å²) >= 11 is 0. The third-order valence-corrected chi connectivity index (χ3v) is 5.62. The highest BCUT2D eigenvalue weighted by molar-refractivity contribution is 6.04. The summed E-state index contributed by atoms with van der Waals surface area (Å²) < 4.78 is 0. The summed E-state index contributed by atoms with van der Waals surface area (Å²) in [6, 6.07) is 8.19. The number of nitrogens with zero attached hydrogens (tertiary/aromatic N) is 4. The molecule has 0 spiro atoms. The van der Waals surface area contributed by atoms with Gasteiger partial charge in [-0.2, -0.15) is 5.10 Å². The van der Waals surface area contributed by atoms with E-state index in [-0.39, 0.29) is 5.41 Å². The fourth-order valence-corrected chi connectivity index (χ4v) is 4.04. The van der Waals surface area contributed by atoms with Crippen LogP contribution < -0.4 is 0 Å². The van der Waals surface area contributed by atoms with Crippen LogP contribution in [-0.4, -0.2) is 33.0 Å². The summed E-state index contributed by atoms with van der Waals surface area (Å²) in [4.78, 5) is 13.8. The Bertz CT molecular complexity index is 996. The lowest BCUT2D eigenvalue weighted by Gasteiger charge is -2.33. The maximum atomic E-state index is 5.09. The first-order valence-corrected chi connectivity index (χ1v) is 9.51. The SMILES string of the molecule is CON=C(c1n[nH]c2c1C=CC(c1cccnc1)(c1cccnc1)C2)C1CC1. The molecule has 2 aliphatic rings. The largest absolute Gasteiger partial charge is 0.399 e. The smallest absolute Gasteiger partial charge is 0.117 e. The third-order valence-electron chi connectivity index (χ3n) is 5.62. The van der Waals surface area contributed by atoms with Crippen molar-refractivity contribution in [2.45, 2.75) is 24.7 Å². The number of hydrogen-bond donors (Lipinski definition) is 1. The molecule has 1 fully saturated rings. The van der Waals surface area contributed by atoms with E-state index < -0.39 is 0 Å². The first-order chi connectivity index (χ1) is 13.8. The molecule has 2 aliphatic carbocycles. The monoisotopic (exact) mass is 371 g/mol. The van der Waals surface area contributed by atoms with Crippen LogP contribution in [0.3, 0.4) is 0 Å². The van der Waals surface area contributed by atoms with Gasteiger partial charge in [-0.15, -0.1) is 0 Å². The first-order valence-electron chi connectivity index (χ1n) is 9.51. The van der Waals surface area contributed by atoms with E-state index in [1.165, 1.54) is 0 Å². The molecule has 0 saturated heterocycles. The van der Waals surface area contributed by atoms with E-state index in [1.54, 1.807) is 19.5 Å². The highest BCUT2D eigenvalue weighted by atomic mass is 16.6. The summed E-state index contributed by atoms with van der Waals surface area (Å²) in [5.41, 5.74) is 5.97. The van der Waals surface area contributed by atoms with Crippen LogP contribution in [-0.2, 0) is 16.7 Å². The Morgan fingerprint density at radius 1 is 1.14 bits per heavy atom. The number of oxime groups is 1. The van der Waals surface area contributed by atoms with Crippen LogP contribution in [0.4, 0.5) is 0 Å². The average molecular weight is 371 g/mol. The summed E-state index contributed by atoms with van der Waals surface area (Å²) in [6.07, 6.45) is 14.9. The van der Waals surface area contributed by atoms with E-state index in [0.29, 0.717) is 5.92 Å². The normalized spacial score (nSPS) is 18.0. The van der Waals surface area contributed by atoms with Gasteiger partial charge in [0.2, 0.25) is 0 Å². The topological polar surface area (TPSA) is 76.1 Å². The fourth-order valence-electron chi connectivity index (χ4n) is 4.04. The van der Waals surface area contributed by atoms with Crippen LogP contribution in [0.5, 0.6) is 0 Å². The van der Waals surface area contributed by atoms with E-state index in [4.69, 9.17) is 4.84 Å². The van der Waals surface area contributed by atoms with E-state index in [9.17, 15) is 0 Å². The minimum absolute atomic E-state index is 0.336. The lowest BCUT2D eigenvalue weighted by Crippen LogP contribution is -2.31. The number of H-pyrrole nitrogens is 1. The van der Waals surface area contributed by atoms with Gasteiger partial charge in [0, 0.05) is 53.8 Å². The average Bonchev–Trinajstić information content (AvgIpc) is 3.52. The Balaban J connectivity index is 1.62. The van der Waals surface area contributed by atoms with Crippen LogP contribution >= 0.6 is 0 Å². The molecule has 6 heteroatoms. The minimum atomic E-state index is -0.336. The molecular formula is C22H21N5O. The summed E-state index contributed by atoms with van der Waals surface area (Å²) in [7, 11) is 1.59. The predicted octanol–water partition coefficient (Wildman–Crippen LogP) is 3.52. The lowest BCUT2D eigenvalue weighted by molar-refractivity contribution is 0.212. The number of nitrogens with one attached hydrogen (secondary N) is 1. The summed E-state index contributed by atoms with van der Waals surface area (Å²) in [5, 5.41) is 12.1. The van der Waals surface area contributed by atoms with Crippen molar-refractivity contribution < 1.29 is 4.84 Å². The molecule has 140 valence electrons. The van der Waals surface area contributed by atoms with Crippen molar-refractivity contribution in [2.24, 2.45) is 11.1 Å². The number of pyridine rings is 2. The molecule has 28 heavy (non-hydrogen) atoms. The molecule has 0 unspecified atom stereocenters. The van der Waals surface area contributed by atoms with E-state index in [0.717, 1.165) is 53.1 Å². The predicted molar refractivity (Wildman–Crippen MR) is 107 cm³/mol. The van der Waals surface area contributed by atoms with Crippen molar-refractivity contribution in [3.8, 4) is 0 Å². The Morgan fingerprint density at radius 2 is 1.86 bits per heavy atom. The van der Waals surface area contributed by atoms with Crippen LogP contribution in [0.15, 0.2) is 60.3 Å². The summed E-state index contributed by atoms with van der Waals surface area (Å²) in [5.74, 6) is 0.448. The van der Waals surface area contributed by atoms with E-state index >= 15 is 0 Å². The van der Waals surface area contributed by atoms with Gasteiger partial charge in [0.1, 0.15) is 18.5 Å². The third kappa shape index (κ3) is 2.72. The lowest BCUT2D eigenvalue weighted by atomic mass is 9.69. The van der Waals surface area contributed by atoms with Crippen molar-refractivity contribution in [3.63, 3.8) is 0 Å². The Kier molecular flexibility index (Phi) is 4.04. The zero-order chi connectivity index (χ0) is 19.0. The van der Waals surface area contributed by atoms with Gasteiger partial charge >= 0.3 is 0 Å². The number of rotatable bonds is 5. The van der Waals surface area contributed by atoms with Crippen molar-refractivity contribution in [1.82, 2.24) is 20.2 Å². The number of allylic oxidation sites excluding steroid dienone is 1. The Morgan fingerprint density at radius 3 is 2.43 bits per heavy atom. The zero-order valence-corrected chi connectivity index (χ0v) is 15.7. The van der Waals surface area contributed by atoms with Crippen molar-refractivity contribution in [3.05, 3.63) is 83.2 Å². The van der Waals surface area contributed by atoms with E-state index in [1.807, 2.05) is 24.5 Å². The highest BCUT2D eigenvalue weighted by Crippen LogP contribution is 2.42. The van der Waals surface area contributed by atoms with Crippen LogP contribution in [0.2, 0.25) is 0 Å². The first kappa shape index (κ1) is 16.9. The molecule has 5 rings (SSSR count). The molecule has 3 heterocycles. The van der Waals surface area contributed by atoms with Gasteiger partial charge in [0.15, 0.2) is 0 Å². The molecule has 1 N–H and O–H groups in total. The van der Waals surface area contributed by atoms with Crippen molar-refractivity contribution in [2.75, 3.05) is 7.11 Å². The molecule has 6 nitrogen and oxygen atoms in total. The second kappa shape index (κ2) is 6.71. The van der Waals surface area contributed by atoms with Crippen LogP contribution in [0.1, 0.15) is 40.9 Å². The number of aromatic amines is 1. The minimum Gasteiger partial charge on any atom is -0.399 e. The molecule has 0 bridgehead atoms. The van der Waals surface area contributed by atoms with Gasteiger partial charge in [-0.25, -0.2) is 0 Å². The van der Waals surface area contributed by atoms with Gasteiger partial charge in [0.25, 0.3) is 0 Å². The van der Waals surface area contributed by atoms with Gasteiger partial charge in [-0.05, 0) is 36.1 Å². The van der Waals surface area contributed by atoms with Gasteiger partial charge in [-0.3, -0.25) is 15.1 Å². The number of hydrogen-bond acceptors (Lipinski definition) is 5. The quantitative estimate of drug-likeness (QED) is 0.550. The van der Waals surface area contributed by atoms with Crippen LogP contribution in [0.25, 0.3) is 6.08 Å². The molecule has 0 aromatic carbocycles. The van der Waals surface area contributed by atoms with Crippen molar-refractivity contribution >= 4 is 11.8 Å². The summed E-state index contributed by atoms with van der Waals surface area (Å²) in [6.45, 7) is 0.